The molecule has 2 unspecified atom stereocenters. The van der Waals surface area contributed by atoms with Crippen LogP contribution >= 0.6 is 0 Å². The van der Waals surface area contributed by atoms with E-state index in [0.717, 1.165) is 18.5 Å². The largest absolute Gasteiger partial charge is 0.374 e. The third-order valence-electron chi connectivity index (χ3n) is 4.63. The normalized spacial score (nSPS) is 20.7. The third-order valence-corrected chi connectivity index (χ3v) is 4.63. The molecule has 3 rings (SSSR count). The van der Waals surface area contributed by atoms with E-state index in [-0.39, 0.29) is 0 Å². The lowest BCUT2D eigenvalue weighted by Crippen LogP contribution is -2.34. The summed E-state index contributed by atoms with van der Waals surface area (Å²) in [5, 5.41) is 10.6. The average Bonchev–Trinajstić information content (AvgIpc) is 2.63. The zero-order valence-electron chi connectivity index (χ0n) is 14.2. The van der Waals surface area contributed by atoms with E-state index in [0.29, 0.717) is 12.6 Å². The molecular weight excluding hydrogens is 296 g/mol. The fourth-order valence-corrected chi connectivity index (χ4v) is 3.28. The molecule has 3 heteroatoms. The molecular formula is C21H24N2O. The van der Waals surface area contributed by atoms with E-state index in [4.69, 9.17) is 0 Å². The minimum Gasteiger partial charge on any atom is -0.374 e. The molecule has 0 aliphatic carbocycles. The van der Waals surface area contributed by atoms with E-state index in [1.54, 1.807) is 6.92 Å². The van der Waals surface area contributed by atoms with Gasteiger partial charge in [-0.1, -0.05) is 54.7 Å². The number of benzene rings is 1. The second-order valence-electron chi connectivity index (χ2n) is 6.51. The van der Waals surface area contributed by atoms with Crippen LogP contribution in [0.25, 0.3) is 0 Å². The van der Waals surface area contributed by atoms with Gasteiger partial charge in [-0.3, -0.25) is 9.88 Å². The molecule has 1 saturated heterocycles. The van der Waals surface area contributed by atoms with Crippen LogP contribution in [0.15, 0.2) is 54.9 Å². The number of hydrogen-bond acceptors (Lipinski definition) is 3. The standard InChI is InChI=1S/C21H24N2O/c1-21(24,19-10-3-2-4-11-19)13-8-16-23-15-6-5-12-20(23)18-9-7-14-22-17-18/h2-4,7,9-11,14,17,20,24H,5-6,12,15-16H2,1H3. The van der Waals surface area contributed by atoms with Crippen molar-refractivity contribution in [3.63, 3.8) is 0 Å². The molecule has 0 spiro atoms. The van der Waals surface area contributed by atoms with Crippen LogP contribution in [-0.2, 0) is 5.60 Å². The highest BCUT2D eigenvalue weighted by molar-refractivity contribution is 5.30. The lowest BCUT2D eigenvalue weighted by Gasteiger charge is -2.34. The van der Waals surface area contributed by atoms with E-state index in [1.165, 1.54) is 18.4 Å². The second-order valence-corrected chi connectivity index (χ2v) is 6.51. The highest BCUT2D eigenvalue weighted by Gasteiger charge is 2.24. The molecule has 1 aliphatic heterocycles. The maximum absolute atomic E-state index is 10.6. The van der Waals surface area contributed by atoms with Crippen LogP contribution < -0.4 is 0 Å². The molecule has 3 nitrogen and oxygen atoms in total. The van der Waals surface area contributed by atoms with Crippen molar-refractivity contribution in [1.29, 1.82) is 0 Å². The number of nitrogens with zero attached hydrogens (tertiary/aromatic N) is 2. The summed E-state index contributed by atoms with van der Waals surface area (Å²) in [6, 6.07) is 14.1. The van der Waals surface area contributed by atoms with Gasteiger partial charge in [0, 0.05) is 18.4 Å². The topological polar surface area (TPSA) is 36.4 Å². The van der Waals surface area contributed by atoms with Gasteiger partial charge in [0.25, 0.3) is 0 Å². The van der Waals surface area contributed by atoms with Gasteiger partial charge < -0.3 is 5.11 Å². The van der Waals surface area contributed by atoms with Gasteiger partial charge in [-0.15, -0.1) is 0 Å². The molecule has 2 atom stereocenters. The molecule has 24 heavy (non-hydrogen) atoms. The Morgan fingerprint density at radius 1 is 1.21 bits per heavy atom. The molecule has 0 amide bonds. The molecule has 1 aromatic carbocycles. The average molecular weight is 320 g/mol. The first-order chi connectivity index (χ1) is 11.7. The summed E-state index contributed by atoms with van der Waals surface area (Å²) in [4.78, 5) is 6.65. The van der Waals surface area contributed by atoms with E-state index >= 15 is 0 Å². The number of piperidine rings is 1. The molecule has 0 bridgehead atoms. The van der Waals surface area contributed by atoms with Crippen molar-refractivity contribution in [3.8, 4) is 11.8 Å². The monoisotopic (exact) mass is 320 g/mol. The summed E-state index contributed by atoms with van der Waals surface area (Å²) in [5.41, 5.74) is 0.981. The molecule has 1 fully saturated rings. The Balaban J connectivity index is 1.71. The van der Waals surface area contributed by atoms with Crippen molar-refractivity contribution >= 4 is 0 Å². The van der Waals surface area contributed by atoms with E-state index in [2.05, 4.69) is 27.8 Å². The minimum absolute atomic E-state index is 0.378. The quantitative estimate of drug-likeness (QED) is 0.879. The SMILES string of the molecule is CC(O)(C#CCN1CCCCC1c1cccnc1)c1ccccc1. The molecule has 2 aromatic rings. The van der Waals surface area contributed by atoms with Crippen molar-refractivity contribution < 1.29 is 5.11 Å². The highest BCUT2D eigenvalue weighted by atomic mass is 16.3. The molecule has 1 N–H and O–H groups in total. The Morgan fingerprint density at radius 3 is 2.79 bits per heavy atom. The predicted molar refractivity (Wildman–Crippen MR) is 96.2 cm³/mol. The van der Waals surface area contributed by atoms with Crippen molar-refractivity contribution in [2.75, 3.05) is 13.1 Å². The summed E-state index contributed by atoms with van der Waals surface area (Å²) in [6.07, 6.45) is 7.35. The van der Waals surface area contributed by atoms with Gasteiger partial charge in [0.1, 0.15) is 5.60 Å². The van der Waals surface area contributed by atoms with Crippen LogP contribution in [0.3, 0.4) is 0 Å². The van der Waals surface area contributed by atoms with Crippen molar-refractivity contribution in [2.45, 2.75) is 37.8 Å². The van der Waals surface area contributed by atoms with Gasteiger partial charge in [-0.05, 0) is 43.5 Å². The first-order valence-corrected chi connectivity index (χ1v) is 8.59. The van der Waals surface area contributed by atoms with E-state index < -0.39 is 5.60 Å². The van der Waals surface area contributed by atoms with Gasteiger partial charge >= 0.3 is 0 Å². The molecule has 2 heterocycles. The Bertz CT molecular complexity index is 701. The Kier molecular flexibility index (Phi) is 5.30. The van der Waals surface area contributed by atoms with Crippen LogP contribution in [0.5, 0.6) is 0 Å². The van der Waals surface area contributed by atoms with Gasteiger partial charge in [-0.2, -0.15) is 0 Å². The Hall–Kier alpha value is -2.15. The fraction of sp³-hybridized carbons (Fsp3) is 0.381. The predicted octanol–water partition coefficient (Wildman–Crippen LogP) is 3.52. The first-order valence-electron chi connectivity index (χ1n) is 8.59. The Morgan fingerprint density at radius 2 is 2.04 bits per heavy atom. The number of likely N-dealkylation sites (tertiary alicyclic amines) is 1. The lowest BCUT2D eigenvalue weighted by molar-refractivity contribution is 0.121. The highest BCUT2D eigenvalue weighted by Crippen LogP contribution is 2.29. The summed E-state index contributed by atoms with van der Waals surface area (Å²) in [5.74, 6) is 6.24. The van der Waals surface area contributed by atoms with E-state index in [9.17, 15) is 5.11 Å². The van der Waals surface area contributed by atoms with Gasteiger partial charge in [0.2, 0.25) is 0 Å². The van der Waals surface area contributed by atoms with Crippen LogP contribution in [0.1, 0.15) is 43.4 Å². The summed E-state index contributed by atoms with van der Waals surface area (Å²) >= 11 is 0. The zero-order valence-corrected chi connectivity index (χ0v) is 14.2. The molecule has 0 radical (unpaired) electrons. The van der Waals surface area contributed by atoms with E-state index in [1.807, 2.05) is 48.8 Å². The first kappa shape index (κ1) is 16.7. The van der Waals surface area contributed by atoms with Crippen LogP contribution in [-0.4, -0.2) is 28.1 Å². The molecule has 124 valence electrons. The number of rotatable bonds is 3. The molecule has 1 aromatic heterocycles. The van der Waals surface area contributed by atoms with Gasteiger partial charge in [0.05, 0.1) is 6.54 Å². The summed E-state index contributed by atoms with van der Waals surface area (Å²) in [6.45, 7) is 3.47. The smallest absolute Gasteiger partial charge is 0.148 e. The minimum atomic E-state index is -1.11. The van der Waals surface area contributed by atoms with Crippen LogP contribution in [0.2, 0.25) is 0 Å². The molecule has 1 aliphatic rings. The van der Waals surface area contributed by atoms with Crippen LogP contribution in [0, 0.1) is 11.8 Å². The van der Waals surface area contributed by atoms with Crippen molar-refractivity contribution in [3.05, 3.63) is 66.0 Å². The number of hydrogen-bond donors (Lipinski definition) is 1. The number of pyridine rings is 1. The third kappa shape index (κ3) is 4.03. The van der Waals surface area contributed by atoms with Gasteiger partial charge in [-0.25, -0.2) is 0 Å². The van der Waals surface area contributed by atoms with Crippen LogP contribution in [0.4, 0.5) is 0 Å². The van der Waals surface area contributed by atoms with Crippen molar-refractivity contribution in [2.24, 2.45) is 0 Å². The maximum atomic E-state index is 10.6. The Labute approximate surface area is 144 Å². The molecule has 0 saturated carbocycles. The maximum Gasteiger partial charge on any atom is 0.148 e. The number of aliphatic hydroxyl groups is 1. The number of aromatic nitrogens is 1. The zero-order chi connectivity index (χ0) is 16.8. The summed E-state index contributed by atoms with van der Waals surface area (Å²) in [7, 11) is 0. The summed E-state index contributed by atoms with van der Waals surface area (Å²) < 4.78 is 0. The van der Waals surface area contributed by atoms with Crippen molar-refractivity contribution in [1.82, 2.24) is 9.88 Å². The van der Waals surface area contributed by atoms with Gasteiger partial charge in [0.15, 0.2) is 0 Å². The lowest BCUT2D eigenvalue weighted by atomic mass is 9.95. The second kappa shape index (κ2) is 7.61. The fourth-order valence-electron chi connectivity index (χ4n) is 3.28.